The molecule has 5 heteroatoms. The number of aryl methyl sites for hydroxylation is 2. The van der Waals surface area contributed by atoms with Gasteiger partial charge >= 0.3 is 0 Å². The molecule has 0 aliphatic carbocycles. The van der Waals surface area contributed by atoms with Crippen LogP contribution in [0.5, 0.6) is 0 Å². The summed E-state index contributed by atoms with van der Waals surface area (Å²) in [6.45, 7) is 3.66. The number of rotatable bonds is 6. The van der Waals surface area contributed by atoms with Gasteiger partial charge in [-0.25, -0.2) is 0 Å². The zero-order valence-electron chi connectivity index (χ0n) is 13.2. The Morgan fingerprint density at radius 3 is 2.30 bits per heavy atom. The molecule has 2 N–H and O–H groups in total. The molecule has 2 rings (SSSR count). The lowest BCUT2D eigenvalue weighted by Crippen LogP contribution is -2.15. The molecule has 2 aromatic rings. The minimum Gasteiger partial charge on any atom is -0.324 e. The van der Waals surface area contributed by atoms with Crippen molar-refractivity contribution in [3.05, 3.63) is 64.0 Å². The maximum absolute atomic E-state index is 13.0. The molecule has 23 heavy (non-hydrogen) atoms. The van der Waals surface area contributed by atoms with Gasteiger partial charge in [0.15, 0.2) is 5.78 Å². The lowest BCUT2D eigenvalue weighted by molar-refractivity contribution is -0.107. The summed E-state index contributed by atoms with van der Waals surface area (Å²) in [5.41, 5.74) is 3.98. The SMILES string of the molecule is Cc1nc(C)c(CC=NN)c(C(=O)c2ccccc2)c1CC=O. The molecule has 0 radical (unpaired) electrons. The fourth-order valence-electron chi connectivity index (χ4n) is 2.67. The summed E-state index contributed by atoms with van der Waals surface area (Å²) in [5, 5.41) is 3.51. The highest BCUT2D eigenvalue weighted by Gasteiger charge is 2.22. The van der Waals surface area contributed by atoms with E-state index in [9.17, 15) is 9.59 Å². The summed E-state index contributed by atoms with van der Waals surface area (Å²) in [4.78, 5) is 28.5. The van der Waals surface area contributed by atoms with Crippen molar-refractivity contribution in [3.8, 4) is 0 Å². The maximum atomic E-state index is 13.0. The normalized spacial score (nSPS) is 10.9. The first-order chi connectivity index (χ1) is 11.1. The molecular weight excluding hydrogens is 290 g/mol. The summed E-state index contributed by atoms with van der Waals surface area (Å²) in [6, 6.07) is 9.01. The molecule has 118 valence electrons. The van der Waals surface area contributed by atoms with Gasteiger partial charge in [0.25, 0.3) is 0 Å². The number of carbonyl (C=O) groups excluding carboxylic acids is 2. The Balaban J connectivity index is 2.70. The van der Waals surface area contributed by atoms with Gasteiger partial charge in [-0.2, -0.15) is 5.10 Å². The Bertz CT molecular complexity index is 753. The molecule has 1 aromatic carbocycles. The predicted molar refractivity (Wildman–Crippen MR) is 89.7 cm³/mol. The summed E-state index contributed by atoms with van der Waals surface area (Å²) in [5.74, 6) is 5.08. The topological polar surface area (TPSA) is 85.4 Å². The molecule has 1 aromatic heterocycles. The van der Waals surface area contributed by atoms with Crippen LogP contribution in [-0.4, -0.2) is 23.3 Å². The number of hydrogen-bond acceptors (Lipinski definition) is 5. The van der Waals surface area contributed by atoms with Gasteiger partial charge in [-0.1, -0.05) is 30.3 Å². The Kier molecular flexibility index (Phi) is 5.36. The van der Waals surface area contributed by atoms with Crippen LogP contribution in [0.15, 0.2) is 35.4 Å². The predicted octanol–water partition coefficient (Wildman–Crippen LogP) is 2.16. The Morgan fingerprint density at radius 2 is 1.74 bits per heavy atom. The maximum Gasteiger partial charge on any atom is 0.193 e. The number of hydrazone groups is 1. The number of ketones is 1. The molecule has 0 fully saturated rings. The van der Waals surface area contributed by atoms with Crippen molar-refractivity contribution in [2.75, 3.05) is 0 Å². The number of nitrogens with zero attached hydrogens (tertiary/aromatic N) is 2. The van der Waals surface area contributed by atoms with Crippen LogP contribution in [0.25, 0.3) is 0 Å². The van der Waals surface area contributed by atoms with E-state index in [0.29, 0.717) is 28.8 Å². The number of nitrogens with two attached hydrogens (primary N) is 1. The van der Waals surface area contributed by atoms with Gasteiger partial charge in [-0.15, -0.1) is 0 Å². The van der Waals surface area contributed by atoms with Crippen molar-refractivity contribution in [2.24, 2.45) is 10.9 Å². The highest BCUT2D eigenvalue weighted by Crippen LogP contribution is 2.24. The van der Waals surface area contributed by atoms with Gasteiger partial charge < -0.3 is 10.6 Å². The van der Waals surface area contributed by atoms with Gasteiger partial charge in [0, 0.05) is 41.6 Å². The van der Waals surface area contributed by atoms with Crippen LogP contribution < -0.4 is 5.84 Å². The van der Waals surface area contributed by atoms with E-state index in [1.807, 2.05) is 32.0 Å². The minimum absolute atomic E-state index is 0.114. The second kappa shape index (κ2) is 7.45. The third-order valence-electron chi connectivity index (χ3n) is 3.76. The zero-order valence-corrected chi connectivity index (χ0v) is 13.2. The first-order valence-electron chi connectivity index (χ1n) is 7.34. The third kappa shape index (κ3) is 3.51. The van der Waals surface area contributed by atoms with Crippen LogP contribution in [0.4, 0.5) is 0 Å². The van der Waals surface area contributed by atoms with Crippen LogP contribution in [0.2, 0.25) is 0 Å². The van der Waals surface area contributed by atoms with E-state index < -0.39 is 0 Å². The molecule has 0 amide bonds. The second-order valence-electron chi connectivity index (χ2n) is 5.22. The lowest BCUT2D eigenvalue weighted by atomic mass is 9.89. The molecule has 0 atom stereocenters. The van der Waals surface area contributed by atoms with E-state index >= 15 is 0 Å². The largest absolute Gasteiger partial charge is 0.324 e. The number of benzene rings is 1. The molecule has 5 nitrogen and oxygen atoms in total. The van der Waals surface area contributed by atoms with Crippen LogP contribution in [-0.2, 0) is 17.6 Å². The number of pyridine rings is 1. The minimum atomic E-state index is -0.114. The first-order valence-corrected chi connectivity index (χ1v) is 7.34. The van der Waals surface area contributed by atoms with Gasteiger partial charge in [0.2, 0.25) is 0 Å². The number of aldehydes is 1. The molecule has 0 aliphatic rings. The molecule has 0 bridgehead atoms. The van der Waals surface area contributed by atoms with Gasteiger partial charge in [0.05, 0.1) is 0 Å². The van der Waals surface area contributed by atoms with E-state index in [1.54, 1.807) is 12.1 Å². The van der Waals surface area contributed by atoms with Gasteiger partial charge in [-0.3, -0.25) is 9.78 Å². The van der Waals surface area contributed by atoms with E-state index in [2.05, 4.69) is 10.1 Å². The number of hydrogen-bond donors (Lipinski definition) is 1. The molecule has 1 heterocycles. The summed E-state index contributed by atoms with van der Waals surface area (Å²) >= 11 is 0. The summed E-state index contributed by atoms with van der Waals surface area (Å²) in [7, 11) is 0. The first kappa shape index (κ1) is 16.5. The lowest BCUT2D eigenvalue weighted by Gasteiger charge is -2.16. The fourth-order valence-corrected chi connectivity index (χ4v) is 2.67. The molecule has 0 aliphatic heterocycles. The highest BCUT2D eigenvalue weighted by atomic mass is 16.1. The molecule has 0 unspecified atom stereocenters. The van der Waals surface area contributed by atoms with E-state index in [0.717, 1.165) is 17.5 Å². The van der Waals surface area contributed by atoms with E-state index in [1.165, 1.54) is 6.21 Å². The van der Waals surface area contributed by atoms with Crippen LogP contribution in [0.1, 0.15) is 38.4 Å². The van der Waals surface area contributed by atoms with Crippen LogP contribution in [0, 0.1) is 13.8 Å². The van der Waals surface area contributed by atoms with Crippen molar-refractivity contribution in [2.45, 2.75) is 26.7 Å². The molecule has 0 saturated carbocycles. The molecule has 0 spiro atoms. The molecule has 0 saturated heterocycles. The smallest absolute Gasteiger partial charge is 0.193 e. The quantitative estimate of drug-likeness (QED) is 0.291. The average molecular weight is 309 g/mol. The second-order valence-corrected chi connectivity index (χ2v) is 5.22. The molecular formula is C18H19N3O2. The van der Waals surface area contributed by atoms with Gasteiger partial charge in [-0.05, 0) is 25.0 Å². The number of carbonyl (C=O) groups is 2. The van der Waals surface area contributed by atoms with Crippen LogP contribution in [0.3, 0.4) is 0 Å². The standard InChI is InChI=1S/C18H19N3O2/c1-12-15(8-10-20-19)17(16(9-11-22)13(2)21-12)18(23)14-6-4-3-5-7-14/h3-7,10-11H,8-9,19H2,1-2H3. The Morgan fingerprint density at radius 1 is 1.13 bits per heavy atom. The van der Waals surface area contributed by atoms with Crippen molar-refractivity contribution < 1.29 is 9.59 Å². The monoisotopic (exact) mass is 309 g/mol. The van der Waals surface area contributed by atoms with Crippen molar-refractivity contribution in [3.63, 3.8) is 0 Å². The van der Waals surface area contributed by atoms with Crippen molar-refractivity contribution in [1.29, 1.82) is 0 Å². The Hall–Kier alpha value is -2.82. The average Bonchev–Trinajstić information content (AvgIpc) is 2.56. The fraction of sp³-hybridized carbons (Fsp3) is 0.222. The number of aromatic nitrogens is 1. The van der Waals surface area contributed by atoms with Gasteiger partial charge in [0.1, 0.15) is 6.29 Å². The highest BCUT2D eigenvalue weighted by molar-refractivity contribution is 6.11. The van der Waals surface area contributed by atoms with Crippen LogP contribution >= 0.6 is 0 Å². The zero-order chi connectivity index (χ0) is 16.8. The summed E-state index contributed by atoms with van der Waals surface area (Å²) in [6.07, 6.45) is 2.88. The van der Waals surface area contributed by atoms with E-state index in [4.69, 9.17) is 5.84 Å². The Labute approximate surface area is 135 Å². The summed E-state index contributed by atoms with van der Waals surface area (Å²) < 4.78 is 0. The van der Waals surface area contributed by atoms with Crippen molar-refractivity contribution >= 4 is 18.3 Å². The third-order valence-corrected chi connectivity index (χ3v) is 3.76. The van der Waals surface area contributed by atoms with E-state index in [-0.39, 0.29) is 12.2 Å². The van der Waals surface area contributed by atoms with Crippen molar-refractivity contribution in [1.82, 2.24) is 4.98 Å².